The average Bonchev–Trinajstić information content (AvgIpc) is 2.35. The first kappa shape index (κ1) is 15.2. The zero-order valence-corrected chi connectivity index (χ0v) is 12.4. The van der Waals surface area contributed by atoms with Crippen molar-refractivity contribution in [3.8, 4) is 0 Å². The van der Waals surface area contributed by atoms with E-state index in [0.29, 0.717) is 12.0 Å². The molecule has 2 rings (SSSR count). The van der Waals surface area contributed by atoms with Gasteiger partial charge in [0.05, 0.1) is 0 Å². The van der Waals surface area contributed by atoms with E-state index in [1.54, 1.807) is 0 Å². The molecule has 1 aliphatic carbocycles. The van der Waals surface area contributed by atoms with Crippen molar-refractivity contribution in [1.29, 1.82) is 0 Å². The lowest BCUT2D eigenvalue weighted by Gasteiger charge is -2.46. The van der Waals surface area contributed by atoms with Crippen LogP contribution in [0.25, 0.3) is 0 Å². The van der Waals surface area contributed by atoms with E-state index in [1.807, 2.05) is 0 Å². The zero-order valence-electron chi connectivity index (χ0n) is 12.4. The van der Waals surface area contributed by atoms with Crippen molar-refractivity contribution < 1.29 is 9.84 Å². The summed E-state index contributed by atoms with van der Waals surface area (Å²) in [6.45, 7) is 5.42. The topological polar surface area (TPSA) is 44.7 Å². The lowest BCUT2D eigenvalue weighted by atomic mass is 9.78. The van der Waals surface area contributed by atoms with E-state index in [9.17, 15) is 0 Å². The van der Waals surface area contributed by atoms with Gasteiger partial charge in [-0.3, -0.25) is 4.90 Å². The SMILES string of the molecule is CNCC1(CN(CCCO)C2CCC2)CCOCC1. The molecule has 0 aromatic rings. The fraction of sp³-hybridized carbons (Fsp3) is 1.00. The van der Waals surface area contributed by atoms with Crippen LogP contribution in [0, 0.1) is 5.41 Å². The molecule has 1 saturated carbocycles. The minimum Gasteiger partial charge on any atom is -0.396 e. The van der Waals surface area contributed by atoms with Crippen LogP contribution in [0.1, 0.15) is 38.5 Å². The van der Waals surface area contributed by atoms with Crippen LogP contribution in [0.3, 0.4) is 0 Å². The third kappa shape index (κ3) is 4.15. The van der Waals surface area contributed by atoms with Crippen molar-refractivity contribution in [3.05, 3.63) is 0 Å². The van der Waals surface area contributed by atoms with E-state index in [-0.39, 0.29) is 0 Å². The number of nitrogens with zero attached hydrogens (tertiary/aromatic N) is 1. The maximum atomic E-state index is 9.10. The fourth-order valence-electron chi connectivity index (χ4n) is 3.42. The second-order valence-electron chi connectivity index (χ2n) is 6.28. The van der Waals surface area contributed by atoms with Crippen molar-refractivity contribution in [2.24, 2.45) is 5.41 Å². The molecule has 1 heterocycles. The summed E-state index contributed by atoms with van der Waals surface area (Å²) in [4.78, 5) is 2.64. The van der Waals surface area contributed by atoms with Gasteiger partial charge in [-0.15, -0.1) is 0 Å². The van der Waals surface area contributed by atoms with E-state index >= 15 is 0 Å². The quantitative estimate of drug-likeness (QED) is 0.696. The summed E-state index contributed by atoms with van der Waals surface area (Å²) >= 11 is 0. The monoisotopic (exact) mass is 270 g/mol. The predicted molar refractivity (Wildman–Crippen MR) is 77.3 cm³/mol. The molecular weight excluding hydrogens is 240 g/mol. The number of ether oxygens (including phenoxy) is 1. The van der Waals surface area contributed by atoms with Gasteiger partial charge in [0.2, 0.25) is 0 Å². The Morgan fingerprint density at radius 3 is 2.58 bits per heavy atom. The van der Waals surface area contributed by atoms with Gasteiger partial charge in [0.15, 0.2) is 0 Å². The van der Waals surface area contributed by atoms with E-state index in [0.717, 1.165) is 51.6 Å². The lowest BCUT2D eigenvalue weighted by molar-refractivity contribution is -0.0201. The highest BCUT2D eigenvalue weighted by atomic mass is 16.5. The molecule has 2 N–H and O–H groups in total. The highest BCUT2D eigenvalue weighted by Gasteiger charge is 2.36. The predicted octanol–water partition coefficient (Wildman–Crippen LogP) is 1.24. The van der Waals surface area contributed by atoms with E-state index in [4.69, 9.17) is 9.84 Å². The Balaban J connectivity index is 1.94. The Bertz CT molecular complexity index is 245. The largest absolute Gasteiger partial charge is 0.396 e. The third-order valence-corrected chi connectivity index (χ3v) is 4.84. The molecular formula is C15H30N2O2. The molecule has 0 aromatic heterocycles. The van der Waals surface area contributed by atoms with Crippen LogP contribution < -0.4 is 5.32 Å². The van der Waals surface area contributed by atoms with Crippen LogP contribution in [0.2, 0.25) is 0 Å². The van der Waals surface area contributed by atoms with Crippen molar-refractivity contribution in [2.75, 3.05) is 46.5 Å². The van der Waals surface area contributed by atoms with Crippen molar-refractivity contribution >= 4 is 0 Å². The Morgan fingerprint density at radius 2 is 2.05 bits per heavy atom. The summed E-state index contributed by atoms with van der Waals surface area (Å²) in [5.74, 6) is 0. The van der Waals surface area contributed by atoms with Gasteiger partial charge in [0.1, 0.15) is 0 Å². The molecule has 0 atom stereocenters. The lowest BCUT2D eigenvalue weighted by Crippen LogP contribution is -2.51. The van der Waals surface area contributed by atoms with Gasteiger partial charge >= 0.3 is 0 Å². The summed E-state index contributed by atoms with van der Waals surface area (Å²) in [6, 6.07) is 0.767. The summed E-state index contributed by atoms with van der Waals surface area (Å²) in [5, 5.41) is 12.5. The summed E-state index contributed by atoms with van der Waals surface area (Å²) in [5.41, 5.74) is 0.373. The minimum atomic E-state index is 0.311. The molecule has 0 bridgehead atoms. The molecule has 0 radical (unpaired) electrons. The Labute approximate surface area is 117 Å². The van der Waals surface area contributed by atoms with E-state index in [1.165, 1.54) is 25.8 Å². The minimum absolute atomic E-state index is 0.311. The van der Waals surface area contributed by atoms with Gasteiger partial charge in [-0.1, -0.05) is 6.42 Å². The van der Waals surface area contributed by atoms with Gasteiger partial charge < -0.3 is 15.2 Å². The number of aliphatic hydroxyl groups is 1. The third-order valence-electron chi connectivity index (χ3n) is 4.84. The van der Waals surface area contributed by atoms with Crippen LogP contribution in [-0.4, -0.2) is 62.6 Å². The van der Waals surface area contributed by atoms with Crippen molar-refractivity contribution in [2.45, 2.75) is 44.6 Å². The van der Waals surface area contributed by atoms with Gasteiger partial charge in [-0.05, 0) is 44.6 Å². The first-order valence-corrected chi connectivity index (χ1v) is 7.87. The summed E-state index contributed by atoms with van der Waals surface area (Å²) in [7, 11) is 2.05. The van der Waals surface area contributed by atoms with Gasteiger partial charge in [-0.25, -0.2) is 0 Å². The molecule has 0 unspecified atom stereocenters. The number of hydrogen-bond donors (Lipinski definition) is 2. The van der Waals surface area contributed by atoms with Crippen LogP contribution in [0.5, 0.6) is 0 Å². The molecule has 4 nitrogen and oxygen atoms in total. The zero-order chi connectivity index (χ0) is 13.6. The first-order chi connectivity index (χ1) is 9.29. The van der Waals surface area contributed by atoms with E-state index in [2.05, 4.69) is 17.3 Å². The summed E-state index contributed by atoms with van der Waals surface area (Å²) in [6.07, 6.45) is 7.30. The standard InChI is InChI=1S/C15H30N2O2/c1-16-12-15(6-10-19-11-7-15)13-17(8-3-9-18)14-4-2-5-14/h14,16,18H,2-13H2,1H3. The number of aliphatic hydroxyl groups excluding tert-OH is 1. The first-order valence-electron chi connectivity index (χ1n) is 7.87. The van der Waals surface area contributed by atoms with Gasteiger partial charge in [0.25, 0.3) is 0 Å². The Morgan fingerprint density at radius 1 is 1.32 bits per heavy atom. The maximum Gasteiger partial charge on any atom is 0.0472 e. The van der Waals surface area contributed by atoms with Crippen molar-refractivity contribution in [3.63, 3.8) is 0 Å². The Hall–Kier alpha value is -0.160. The fourth-order valence-corrected chi connectivity index (χ4v) is 3.42. The normalized spacial score (nSPS) is 23.5. The van der Waals surface area contributed by atoms with Crippen molar-refractivity contribution in [1.82, 2.24) is 10.2 Å². The molecule has 0 aromatic carbocycles. The molecule has 4 heteroatoms. The maximum absolute atomic E-state index is 9.10. The Kier molecular flexibility index (Phi) is 6.07. The van der Waals surface area contributed by atoms with Crippen LogP contribution in [0.15, 0.2) is 0 Å². The highest BCUT2D eigenvalue weighted by molar-refractivity contribution is 4.90. The molecule has 0 spiro atoms. The van der Waals surface area contributed by atoms with E-state index < -0.39 is 0 Å². The van der Waals surface area contributed by atoms with Crippen LogP contribution in [-0.2, 0) is 4.74 Å². The van der Waals surface area contributed by atoms with Gasteiger partial charge in [-0.2, -0.15) is 0 Å². The van der Waals surface area contributed by atoms with Gasteiger partial charge in [0, 0.05) is 45.5 Å². The second kappa shape index (κ2) is 7.58. The smallest absolute Gasteiger partial charge is 0.0472 e. The molecule has 2 aliphatic rings. The average molecular weight is 270 g/mol. The molecule has 2 fully saturated rings. The molecule has 1 aliphatic heterocycles. The van der Waals surface area contributed by atoms with Crippen LogP contribution in [0.4, 0.5) is 0 Å². The molecule has 112 valence electrons. The molecule has 1 saturated heterocycles. The molecule has 0 amide bonds. The number of nitrogens with one attached hydrogen (secondary N) is 1. The highest BCUT2D eigenvalue weighted by Crippen LogP contribution is 2.34. The second-order valence-corrected chi connectivity index (χ2v) is 6.28. The summed E-state index contributed by atoms with van der Waals surface area (Å²) < 4.78 is 5.55. The molecule has 19 heavy (non-hydrogen) atoms. The number of rotatable bonds is 8. The van der Waals surface area contributed by atoms with Crippen LogP contribution >= 0.6 is 0 Å². The number of hydrogen-bond acceptors (Lipinski definition) is 4.